The Balaban J connectivity index is 0.000000112. The number of nitrogens with zero attached hydrogens (tertiary/aromatic N) is 13. The molecule has 0 spiro atoms. The van der Waals surface area contributed by atoms with Crippen LogP contribution in [-0.2, 0) is 0 Å². The third-order valence-electron chi connectivity index (χ3n) is 28.0. The number of rotatable bonds is 17. The average molecular weight is 1970 g/mol. The van der Waals surface area contributed by atoms with Gasteiger partial charge in [0.25, 0.3) is 0 Å². The molecule has 13 heterocycles. The summed E-state index contributed by atoms with van der Waals surface area (Å²) in [7, 11) is 0. The van der Waals surface area contributed by atoms with Gasteiger partial charge in [0.1, 0.15) is 5.82 Å². The maximum atomic E-state index is 5.29. The zero-order valence-corrected chi connectivity index (χ0v) is 83.1. The van der Waals surface area contributed by atoms with Crippen LogP contribution in [0.15, 0.2) is 517 Å². The normalized spacial score (nSPS) is 11.5. The lowest BCUT2D eigenvalue weighted by Gasteiger charge is -2.13. The topological polar surface area (TPSA) is 144 Å². The van der Waals surface area contributed by atoms with E-state index in [0.717, 1.165) is 101 Å². The lowest BCUT2D eigenvalue weighted by atomic mass is 9.98. The van der Waals surface area contributed by atoms with Gasteiger partial charge in [0.15, 0.2) is 17.5 Å². The minimum absolute atomic E-state index is 0.620. The quantitative estimate of drug-likeness (QED) is 0.0864. The second-order valence-corrected chi connectivity index (χ2v) is 39.9. The van der Waals surface area contributed by atoms with Crippen molar-refractivity contribution in [3.63, 3.8) is 0 Å². The van der Waals surface area contributed by atoms with Gasteiger partial charge in [0, 0.05) is 183 Å². The molecule has 0 radical (unpaired) electrons. The first kappa shape index (κ1) is 89.5. The summed E-state index contributed by atoms with van der Waals surface area (Å²) in [6.07, 6.45) is 14.5. The van der Waals surface area contributed by atoms with Crippen molar-refractivity contribution < 1.29 is 0 Å². The van der Waals surface area contributed by atoms with Crippen LogP contribution in [0.5, 0.6) is 0 Å². The molecule has 0 aliphatic carbocycles. The number of thiophene rings is 3. The Kier molecular flexibility index (Phi) is 23.2. The van der Waals surface area contributed by atoms with Crippen molar-refractivity contribution in [2.45, 2.75) is 0 Å². The van der Waals surface area contributed by atoms with Crippen LogP contribution in [0.4, 0.5) is 0 Å². The molecule has 0 aliphatic rings. The van der Waals surface area contributed by atoms with Crippen LogP contribution in [0.1, 0.15) is 0 Å². The predicted octanol–water partition coefficient (Wildman–Crippen LogP) is 35.3. The van der Waals surface area contributed by atoms with E-state index in [1.807, 2.05) is 150 Å². The van der Waals surface area contributed by atoms with Gasteiger partial charge >= 0.3 is 0 Å². The fourth-order valence-electron chi connectivity index (χ4n) is 21.1. The van der Waals surface area contributed by atoms with E-state index < -0.39 is 0 Å². The molecule has 16 aromatic carbocycles. The number of pyridine rings is 5. The summed E-state index contributed by atoms with van der Waals surface area (Å²) in [6.45, 7) is 0. The van der Waals surface area contributed by atoms with Crippen LogP contribution in [-0.4, -0.2) is 63.5 Å². The summed E-state index contributed by atoms with van der Waals surface area (Å²) >= 11 is 5.62. The molecule has 0 bridgehead atoms. The fraction of sp³-hybridized carbons (Fsp3) is 0. The number of benzene rings is 16. The summed E-state index contributed by atoms with van der Waals surface area (Å²) in [5.74, 6) is 3.40. The lowest BCUT2D eigenvalue weighted by Crippen LogP contribution is -2.04. The monoisotopic (exact) mass is 1970 g/mol. The SMILES string of the molecule is c1ccc(-c2ccc(-c3nc(-c4ccccc4)nc(-c4ccc(-n5c6ccccc6c6c7sc(-c8ccccc8)c(-c8ccccc8)c7ccc65)cc4)n3)cc2)cc1.c1ccc(-c2sc3c(ccc4c3c3ccccc3n4-c3cc(-c4ccncc4)cc(-c4ccncc4)n3)c2-c2ccccc2)cc1.c1ccc(-c2sc3c(ccc4c3c3ccccc3n4-c3nc(-c4ccncc4)cc(-c4ccncc4)n3)c2-c2ccccc2)cc1. The summed E-state index contributed by atoms with van der Waals surface area (Å²) in [6, 6.07) is 164. The van der Waals surface area contributed by atoms with Gasteiger partial charge in [-0.25, -0.2) is 29.9 Å². The highest BCUT2D eigenvalue weighted by molar-refractivity contribution is 7.25. The molecule has 150 heavy (non-hydrogen) atoms. The Labute approximate surface area is 875 Å². The molecule has 0 N–H and O–H groups in total. The Bertz CT molecular complexity index is 9590. The number of aromatic nitrogens is 13. The first-order valence-electron chi connectivity index (χ1n) is 49.8. The van der Waals surface area contributed by atoms with Gasteiger partial charge in [-0.05, 0) is 183 Å². The van der Waals surface area contributed by atoms with Gasteiger partial charge in [-0.15, -0.1) is 34.0 Å². The van der Waals surface area contributed by atoms with E-state index in [1.165, 1.54) is 144 Å². The Morgan fingerprint density at radius 3 is 0.820 bits per heavy atom. The first-order chi connectivity index (χ1) is 74.4. The molecule has 29 aromatic rings. The molecular formula is C134H85N13S3. The third-order valence-corrected chi connectivity index (χ3v) is 31.8. The largest absolute Gasteiger partial charge is 0.309 e. The number of hydrogen-bond donors (Lipinski definition) is 0. The van der Waals surface area contributed by atoms with Gasteiger partial charge < -0.3 is 4.57 Å². The summed E-state index contributed by atoms with van der Waals surface area (Å²) in [5.41, 5.74) is 31.8. The van der Waals surface area contributed by atoms with E-state index in [4.69, 9.17) is 29.9 Å². The Morgan fingerprint density at radius 2 is 0.440 bits per heavy atom. The molecule has 29 rings (SSSR count). The van der Waals surface area contributed by atoms with Crippen molar-refractivity contribution in [1.29, 1.82) is 0 Å². The van der Waals surface area contributed by atoms with Crippen LogP contribution in [0.2, 0.25) is 0 Å². The van der Waals surface area contributed by atoms with E-state index in [9.17, 15) is 0 Å². The molecule has 0 saturated carbocycles. The van der Waals surface area contributed by atoms with E-state index in [-0.39, 0.29) is 0 Å². The van der Waals surface area contributed by atoms with Crippen molar-refractivity contribution in [3.05, 3.63) is 517 Å². The first-order valence-corrected chi connectivity index (χ1v) is 52.3. The van der Waals surface area contributed by atoms with Crippen molar-refractivity contribution in [2.24, 2.45) is 0 Å². The van der Waals surface area contributed by atoms with Gasteiger partial charge in [0.2, 0.25) is 5.95 Å². The average Bonchev–Trinajstić information content (AvgIpc) is 1.56. The molecule has 0 aliphatic heterocycles. The molecule has 0 saturated heterocycles. The zero-order valence-electron chi connectivity index (χ0n) is 80.6. The van der Waals surface area contributed by atoms with Crippen LogP contribution in [0, 0.1) is 0 Å². The zero-order chi connectivity index (χ0) is 99.3. The minimum Gasteiger partial charge on any atom is -0.309 e. The molecule has 0 amide bonds. The second kappa shape index (κ2) is 39.0. The minimum atomic E-state index is 0.620. The summed E-state index contributed by atoms with van der Waals surface area (Å²) < 4.78 is 10.8. The molecule has 13 nitrogen and oxygen atoms in total. The molecule has 0 unspecified atom stereocenters. The van der Waals surface area contributed by atoms with Gasteiger partial charge in [-0.3, -0.25) is 29.1 Å². The van der Waals surface area contributed by atoms with Crippen molar-refractivity contribution in [3.8, 4) is 172 Å². The molecular weight excluding hydrogens is 1890 g/mol. The van der Waals surface area contributed by atoms with Crippen LogP contribution >= 0.6 is 34.0 Å². The van der Waals surface area contributed by atoms with E-state index >= 15 is 0 Å². The van der Waals surface area contributed by atoms with Crippen LogP contribution in [0.25, 0.3) is 268 Å². The summed E-state index contributed by atoms with van der Waals surface area (Å²) in [4.78, 5) is 51.5. The summed E-state index contributed by atoms with van der Waals surface area (Å²) in [5, 5.41) is 11.1. The van der Waals surface area contributed by atoms with Crippen LogP contribution in [0.3, 0.4) is 0 Å². The van der Waals surface area contributed by atoms with E-state index in [0.29, 0.717) is 23.4 Å². The molecule has 16 heteroatoms. The van der Waals surface area contributed by atoms with Crippen LogP contribution < -0.4 is 0 Å². The van der Waals surface area contributed by atoms with Gasteiger partial charge in [-0.2, -0.15) is 0 Å². The smallest absolute Gasteiger partial charge is 0.235 e. The standard InChI is InChI=1S/C53H34N4S.C41H26N4S.C40H25N5S/c1-5-15-35(16-6-1)36-25-27-40(28-26-36)52-54-51(39-21-11-4-12-22-39)55-53(56-52)41-29-31-42(32-30-41)57-45-24-14-13-23-43(45)48-46(57)34-33-44-47(37-17-7-2-8-18-37)49(58-50(44)48)38-19-9-3-10-20-38;1-3-9-29(10-4-1)38-33-15-16-36-39(41(33)46-40(38)30-11-5-2-6-12-30)32-13-7-8-14-35(32)45(36)37-26-31(27-17-21-42-22-18-27)25-34(44-37)28-19-23-43-24-20-28;1-3-9-28(10-4-1)36-31-15-16-35-37(39(31)46-38(36)29-11-5-2-6-12-29)30-13-7-8-14-34(30)45(35)40-43-32(26-17-21-41-22-18-26)25-33(44-40)27-19-23-42-24-20-27/h1-34H;1-26H;1-25H. The maximum absolute atomic E-state index is 5.29. The van der Waals surface area contributed by atoms with Crippen molar-refractivity contribution >= 4 is 130 Å². The predicted molar refractivity (Wildman–Crippen MR) is 623 cm³/mol. The highest BCUT2D eigenvalue weighted by Crippen LogP contribution is 2.54. The number of para-hydroxylation sites is 3. The third kappa shape index (κ3) is 16.5. The van der Waals surface area contributed by atoms with Crippen molar-refractivity contribution in [2.75, 3.05) is 0 Å². The molecule has 0 fully saturated rings. The van der Waals surface area contributed by atoms with E-state index in [1.54, 1.807) is 24.8 Å². The van der Waals surface area contributed by atoms with Crippen molar-refractivity contribution in [1.82, 2.24) is 63.5 Å². The molecule has 13 aromatic heterocycles. The maximum Gasteiger partial charge on any atom is 0.235 e. The highest BCUT2D eigenvalue weighted by atomic mass is 32.1. The van der Waals surface area contributed by atoms with E-state index in [2.05, 4.69) is 410 Å². The Morgan fingerprint density at radius 1 is 0.167 bits per heavy atom. The molecule has 704 valence electrons. The fourth-order valence-corrected chi connectivity index (χ4v) is 25.2. The van der Waals surface area contributed by atoms with Gasteiger partial charge in [0.05, 0.1) is 50.2 Å². The highest BCUT2D eigenvalue weighted by Gasteiger charge is 2.29. The lowest BCUT2D eigenvalue weighted by molar-refractivity contribution is 0.995. The van der Waals surface area contributed by atoms with Gasteiger partial charge in [-0.1, -0.05) is 340 Å². The number of hydrogen-bond acceptors (Lipinski definition) is 13. The number of fused-ring (bicyclic) bond motifs is 15. The molecule has 0 atom stereocenters. The Hall–Kier alpha value is -19.4. The second-order valence-electron chi connectivity index (χ2n) is 36.8.